The van der Waals surface area contributed by atoms with Crippen molar-refractivity contribution >= 4 is 17.3 Å². The van der Waals surface area contributed by atoms with E-state index < -0.39 is 5.60 Å². The Morgan fingerprint density at radius 3 is 2.78 bits per heavy atom. The third-order valence-corrected chi connectivity index (χ3v) is 5.52. The molecule has 154 valence electrons. The minimum Gasteiger partial charge on any atom is -0.387 e. The Kier molecular flexibility index (Phi) is 8.95. The molecule has 1 unspecified atom stereocenters. The van der Waals surface area contributed by atoms with Crippen LogP contribution in [0.15, 0.2) is 10.4 Å². The zero-order valence-corrected chi connectivity index (χ0v) is 17.9. The number of nitrogens with zero attached hydrogens (tertiary/aromatic N) is 3. The minimum absolute atomic E-state index is 0.355. The van der Waals surface area contributed by atoms with Crippen molar-refractivity contribution in [2.75, 3.05) is 52.5 Å². The number of thiazole rings is 1. The highest BCUT2D eigenvalue weighted by molar-refractivity contribution is 7.09. The number of guanidine groups is 1. The van der Waals surface area contributed by atoms with Crippen molar-refractivity contribution in [2.24, 2.45) is 4.99 Å². The molecule has 0 bridgehead atoms. The molecule has 0 radical (unpaired) electrons. The third-order valence-electron chi connectivity index (χ3n) is 4.33. The molecule has 1 atom stereocenters. The summed E-state index contributed by atoms with van der Waals surface area (Å²) in [5, 5.41) is 20.6. The molecule has 0 spiro atoms. The van der Waals surface area contributed by atoms with E-state index in [0.29, 0.717) is 19.0 Å². The topological polar surface area (TPSA) is 82.0 Å². The van der Waals surface area contributed by atoms with Gasteiger partial charge in [0.2, 0.25) is 0 Å². The first-order valence-corrected chi connectivity index (χ1v) is 10.8. The lowest BCUT2D eigenvalue weighted by Gasteiger charge is -2.33. The highest BCUT2D eigenvalue weighted by atomic mass is 32.1. The molecule has 27 heavy (non-hydrogen) atoms. The number of hydrogen-bond donors (Lipinski definition) is 3. The maximum atomic E-state index is 10.7. The van der Waals surface area contributed by atoms with Crippen LogP contribution in [0.1, 0.15) is 44.3 Å². The summed E-state index contributed by atoms with van der Waals surface area (Å²) in [7, 11) is 0. The molecule has 1 aromatic heterocycles. The summed E-state index contributed by atoms with van der Waals surface area (Å²) in [4.78, 5) is 11.5. The van der Waals surface area contributed by atoms with Crippen molar-refractivity contribution in [2.45, 2.75) is 45.6 Å². The number of aromatic nitrogens is 1. The van der Waals surface area contributed by atoms with Gasteiger partial charge in [0.15, 0.2) is 5.96 Å². The molecular weight excluding hydrogens is 362 g/mol. The molecule has 0 amide bonds. The van der Waals surface area contributed by atoms with Crippen molar-refractivity contribution in [3.05, 3.63) is 16.1 Å². The number of nitrogens with one attached hydrogen (secondary N) is 2. The number of morpholine rings is 1. The van der Waals surface area contributed by atoms with Crippen molar-refractivity contribution in [1.29, 1.82) is 0 Å². The molecule has 1 aliphatic heterocycles. The van der Waals surface area contributed by atoms with E-state index in [0.717, 1.165) is 57.5 Å². The second-order valence-corrected chi connectivity index (χ2v) is 8.48. The fourth-order valence-electron chi connectivity index (χ4n) is 2.89. The Balaban J connectivity index is 1.81. The number of β-amino-alcohol motifs (C(OH)–C–C–N with tert-alkyl or cyclic N) is 1. The average molecular weight is 398 g/mol. The number of ether oxygens (including phenoxy) is 1. The summed E-state index contributed by atoms with van der Waals surface area (Å²) >= 11 is 1.73. The standard InChI is InChI=1S/C19H35N5O2S/c1-5-20-18(21-7-6-16-12-27-17(23-16)15(2)3)22-13-19(4,25)14-24-8-10-26-11-9-24/h12,15,25H,5-11,13-14H2,1-4H3,(H2,20,21,22). The van der Waals surface area contributed by atoms with E-state index in [2.05, 4.69) is 44.7 Å². The van der Waals surface area contributed by atoms with Crippen LogP contribution in [0.5, 0.6) is 0 Å². The quantitative estimate of drug-likeness (QED) is 0.432. The van der Waals surface area contributed by atoms with Crippen molar-refractivity contribution in [3.8, 4) is 0 Å². The Morgan fingerprint density at radius 1 is 1.41 bits per heavy atom. The molecule has 2 rings (SSSR count). The van der Waals surface area contributed by atoms with Crippen LogP contribution in [0.25, 0.3) is 0 Å². The van der Waals surface area contributed by atoms with Gasteiger partial charge in [-0.2, -0.15) is 0 Å². The Bertz CT molecular complexity index is 582. The maximum Gasteiger partial charge on any atom is 0.191 e. The van der Waals surface area contributed by atoms with Gasteiger partial charge >= 0.3 is 0 Å². The van der Waals surface area contributed by atoms with Crippen LogP contribution in [0.3, 0.4) is 0 Å². The van der Waals surface area contributed by atoms with Crippen LogP contribution in [-0.4, -0.2) is 79.0 Å². The number of aliphatic hydroxyl groups is 1. The van der Waals surface area contributed by atoms with Crippen LogP contribution in [0.2, 0.25) is 0 Å². The van der Waals surface area contributed by atoms with Gasteiger partial charge in [-0.15, -0.1) is 11.3 Å². The molecule has 0 aromatic carbocycles. The van der Waals surface area contributed by atoms with Crippen molar-refractivity contribution < 1.29 is 9.84 Å². The van der Waals surface area contributed by atoms with Crippen LogP contribution >= 0.6 is 11.3 Å². The largest absolute Gasteiger partial charge is 0.387 e. The van der Waals surface area contributed by atoms with Crippen molar-refractivity contribution in [3.63, 3.8) is 0 Å². The molecule has 8 heteroatoms. The highest BCUT2D eigenvalue weighted by Gasteiger charge is 2.25. The lowest BCUT2D eigenvalue weighted by molar-refractivity contribution is -0.0179. The lowest BCUT2D eigenvalue weighted by Crippen LogP contribution is -2.48. The first kappa shape index (κ1) is 22.1. The second kappa shape index (κ2) is 10.9. The molecule has 7 nitrogen and oxygen atoms in total. The smallest absolute Gasteiger partial charge is 0.191 e. The maximum absolute atomic E-state index is 10.7. The van der Waals surface area contributed by atoms with Gasteiger partial charge < -0.3 is 20.5 Å². The summed E-state index contributed by atoms with van der Waals surface area (Å²) in [5.41, 5.74) is 0.257. The van der Waals surface area contributed by atoms with Gasteiger partial charge in [-0.05, 0) is 13.8 Å². The van der Waals surface area contributed by atoms with Gasteiger partial charge in [-0.25, -0.2) is 4.98 Å². The van der Waals surface area contributed by atoms with Crippen molar-refractivity contribution in [1.82, 2.24) is 20.5 Å². The van der Waals surface area contributed by atoms with Gasteiger partial charge in [0.1, 0.15) is 0 Å². The summed E-state index contributed by atoms with van der Waals surface area (Å²) in [6.07, 6.45) is 0.859. The van der Waals surface area contributed by atoms with Gasteiger partial charge in [0.25, 0.3) is 0 Å². The highest BCUT2D eigenvalue weighted by Crippen LogP contribution is 2.19. The van der Waals surface area contributed by atoms with Gasteiger partial charge in [0.05, 0.1) is 36.1 Å². The van der Waals surface area contributed by atoms with E-state index in [9.17, 15) is 5.11 Å². The Morgan fingerprint density at radius 2 is 2.15 bits per heavy atom. The van der Waals surface area contributed by atoms with E-state index in [4.69, 9.17) is 4.74 Å². The van der Waals surface area contributed by atoms with E-state index in [1.54, 1.807) is 11.3 Å². The van der Waals surface area contributed by atoms with E-state index >= 15 is 0 Å². The molecule has 1 saturated heterocycles. The van der Waals surface area contributed by atoms with E-state index in [1.807, 2.05) is 13.8 Å². The molecule has 3 N–H and O–H groups in total. The first-order chi connectivity index (χ1) is 12.9. The average Bonchev–Trinajstić information content (AvgIpc) is 3.09. The number of aliphatic imine (C=N–C) groups is 1. The van der Waals surface area contributed by atoms with Gasteiger partial charge in [0, 0.05) is 50.4 Å². The van der Waals surface area contributed by atoms with Crippen LogP contribution in [0, 0.1) is 0 Å². The number of hydrogen-bond acceptors (Lipinski definition) is 6. The van der Waals surface area contributed by atoms with E-state index in [-0.39, 0.29) is 0 Å². The Labute approximate surface area is 167 Å². The zero-order valence-electron chi connectivity index (χ0n) is 17.1. The Hall–Kier alpha value is -1.22. The minimum atomic E-state index is -0.860. The first-order valence-electron chi connectivity index (χ1n) is 9.88. The fourth-order valence-corrected chi connectivity index (χ4v) is 3.76. The fraction of sp³-hybridized carbons (Fsp3) is 0.789. The molecule has 1 fully saturated rings. The van der Waals surface area contributed by atoms with Crippen LogP contribution in [0.4, 0.5) is 0 Å². The van der Waals surface area contributed by atoms with E-state index in [1.165, 1.54) is 5.01 Å². The molecule has 2 heterocycles. The number of rotatable bonds is 9. The molecule has 0 saturated carbocycles. The predicted molar refractivity (Wildman–Crippen MR) is 112 cm³/mol. The summed E-state index contributed by atoms with van der Waals surface area (Å²) < 4.78 is 5.36. The SMILES string of the molecule is CCNC(=NCC(C)(O)CN1CCOCC1)NCCc1csc(C(C)C)n1. The summed E-state index contributed by atoms with van der Waals surface area (Å²) in [6.45, 7) is 13.9. The summed E-state index contributed by atoms with van der Waals surface area (Å²) in [6, 6.07) is 0. The molecular formula is C19H35N5O2S. The van der Waals surface area contributed by atoms with Crippen LogP contribution in [-0.2, 0) is 11.2 Å². The second-order valence-electron chi connectivity index (χ2n) is 7.59. The molecule has 1 aromatic rings. The van der Waals surface area contributed by atoms with Crippen LogP contribution < -0.4 is 10.6 Å². The lowest BCUT2D eigenvalue weighted by atomic mass is 10.1. The zero-order chi connectivity index (χ0) is 19.7. The molecule has 1 aliphatic rings. The third kappa shape index (κ3) is 8.13. The normalized spacial score (nSPS) is 18.5. The molecule has 0 aliphatic carbocycles. The summed E-state index contributed by atoms with van der Waals surface area (Å²) in [5.74, 6) is 1.21. The predicted octanol–water partition coefficient (Wildman–Crippen LogP) is 1.45. The monoisotopic (exact) mass is 397 g/mol. The van der Waals surface area contributed by atoms with Gasteiger partial charge in [-0.1, -0.05) is 13.8 Å². The van der Waals surface area contributed by atoms with Gasteiger partial charge in [-0.3, -0.25) is 9.89 Å².